The molecule has 0 aromatic heterocycles. The standard InChI is InChI=1S/C18H22O/c1-6-15-8-7-9-16(13(15)3)18-12(2)10-11-17(19-5)14(18)4/h7-11H,6H2,1-5H3. The summed E-state index contributed by atoms with van der Waals surface area (Å²) in [5.41, 5.74) is 7.96. The molecule has 0 radical (unpaired) electrons. The molecule has 0 N–H and O–H groups in total. The molecule has 100 valence electrons. The van der Waals surface area contributed by atoms with Crippen LogP contribution in [0.15, 0.2) is 30.3 Å². The minimum atomic E-state index is 0.960. The van der Waals surface area contributed by atoms with E-state index in [4.69, 9.17) is 4.74 Å². The van der Waals surface area contributed by atoms with Crippen molar-refractivity contribution >= 4 is 0 Å². The van der Waals surface area contributed by atoms with Gasteiger partial charge in [-0.1, -0.05) is 31.2 Å². The van der Waals surface area contributed by atoms with Gasteiger partial charge in [-0.2, -0.15) is 0 Å². The highest BCUT2D eigenvalue weighted by Crippen LogP contribution is 2.35. The fraction of sp³-hybridized carbons (Fsp3) is 0.333. The van der Waals surface area contributed by atoms with Gasteiger partial charge < -0.3 is 4.74 Å². The van der Waals surface area contributed by atoms with Crippen molar-refractivity contribution in [3.8, 4) is 16.9 Å². The molecule has 0 bridgehead atoms. The molecule has 2 aromatic rings. The zero-order valence-electron chi connectivity index (χ0n) is 12.5. The number of methoxy groups -OCH3 is 1. The predicted molar refractivity (Wildman–Crippen MR) is 82.0 cm³/mol. The molecule has 1 nitrogen and oxygen atoms in total. The van der Waals surface area contributed by atoms with Gasteiger partial charge in [0, 0.05) is 0 Å². The number of hydrogen-bond acceptors (Lipinski definition) is 1. The second-order valence-corrected chi connectivity index (χ2v) is 5.03. The highest BCUT2D eigenvalue weighted by molar-refractivity contribution is 5.76. The number of aryl methyl sites for hydroxylation is 2. The fourth-order valence-corrected chi connectivity index (χ4v) is 2.80. The molecule has 0 amide bonds. The van der Waals surface area contributed by atoms with Crippen LogP contribution in [-0.4, -0.2) is 7.11 Å². The summed E-state index contributed by atoms with van der Waals surface area (Å²) in [5, 5.41) is 0. The summed E-state index contributed by atoms with van der Waals surface area (Å²) >= 11 is 0. The van der Waals surface area contributed by atoms with Crippen molar-refractivity contribution in [3.05, 3.63) is 52.6 Å². The number of rotatable bonds is 3. The van der Waals surface area contributed by atoms with Crippen LogP contribution in [0.1, 0.15) is 29.2 Å². The second-order valence-electron chi connectivity index (χ2n) is 5.03. The lowest BCUT2D eigenvalue weighted by Gasteiger charge is -2.17. The summed E-state index contributed by atoms with van der Waals surface area (Å²) in [4.78, 5) is 0. The molecule has 0 saturated heterocycles. The van der Waals surface area contributed by atoms with Gasteiger partial charge in [-0.15, -0.1) is 0 Å². The molecule has 0 aliphatic heterocycles. The van der Waals surface area contributed by atoms with Crippen LogP contribution in [-0.2, 0) is 6.42 Å². The number of ether oxygens (including phenoxy) is 1. The van der Waals surface area contributed by atoms with Gasteiger partial charge in [0.05, 0.1) is 7.11 Å². The maximum atomic E-state index is 5.46. The Labute approximate surface area is 116 Å². The average Bonchev–Trinajstić information content (AvgIpc) is 2.41. The molecule has 0 aliphatic rings. The Hall–Kier alpha value is -1.76. The second kappa shape index (κ2) is 5.48. The highest BCUT2D eigenvalue weighted by atomic mass is 16.5. The molecular formula is C18H22O. The SMILES string of the molecule is CCc1cccc(-c2c(C)ccc(OC)c2C)c1C. The van der Waals surface area contributed by atoms with Crippen molar-refractivity contribution in [1.82, 2.24) is 0 Å². The molecule has 0 saturated carbocycles. The summed E-state index contributed by atoms with van der Waals surface area (Å²) in [6.45, 7) is 8.73. The van der Waals surface area contributed by atoms with E-state index in [9.17, 15) is 0 Å². The summed E-state index contributed by atoms with van der Waals surface area (Å²) in [5.74, 6) is 0.960. The molecule has 0 spiro atoms. The molecule has 0 fully saturated rings. The Kier molecular flexibility index (Phi) is 3.94. The molecule has 0 unspecified atom stereocenters. The van der Waals surface area contributed by atoms with Gasteiger partial charge in [0.2, 0.25) is 0 Å². The minimum Gasteiger partial charge on any atom is -0.496 e. The molecule has 0 aliphatic carbocycles. The monoisotopic (exact) mass is 254 g/mol. The first kappa shape index (κ1) is 13.7. The fourth-order valence-electron chi connectivity index (χ4n) is 2.80. The lowest BCUT2D eigenvalue weighted by Crippen LogP contribution is -1.97. The van der Waals surface area contributed by atoms with E-state index in [1.165, 1.54) is 33.4 Å². The van der Waals surface area contributed by atoms with E-state index in [1.54, 1.807) is 7.11 Å². The normalized spacial score (nSPS) is 10.6. The van der Waals surface area contributed by atoms with Gasteiger partial charge in [-0.05, 0) is 66.6 Å². The largest absolute Gasteiger partial charge is 0.496 e. The first-order chi connectivity index (χ1) is 9.10. The van der Waals surface area contributed by atoms with Crippen LogP contribution in [0.3, 0.4) is 0 Å². The van der Waals surface area contributed by atoms with Crippen LogP contribution in [0.2, 0.25) is 0 Å². The smallest absolute Gasteiger partial charge is 0.122 e. The lowest BCUT2D eigenvalue weighted by molar-refractivity contribution is 0.412. The van der Waals surface area contributed by atoms with E-state index in [2.05, 4.69) is 52.0 Å². The molecular weight excluding hydrogens is 232 g/mol. The van der Waals surface area contributed by atoms with Crippen LogP contribution in [0, 0.1) is 20.8 Å². The first-order valence-corrected chi connectivity index (χ1v) is 6.83. The van der Waals surface area contributed by atoms with Crippen molar-refractivity contribution in [1.29, 1.82) is 0 Å². The highest BCUT2D eigenvalue weighted by Gasteiger charge is 2.13. The Morgan fingerprint density at radius 3 is 2.32 bits per heavy atom. The minimum absolute atomic E-state index is 0.960. The van der Waals surface area contributed by atoms with Crippen LogP contribution in [0.25, 0.3) is 11.1 Å². The predicted octanol–water partition coefficient (Wildman–Crippen LogP) is 4.85. The van der Waals surface area contributed by atoms with Crippen LogP contribution >= 0.6 is 0 Å². The van der Waals surface area contributed by atoms with Crippen molar-refractivity contribution < 1.29 is 4.74 Å². The van der Waals surface area contributed by atoms with E-state index >= 15 is 0 Å². The van der Waals surface area contributed by atoms with E-state index in [1.807, 2.05) is 6.07 Å². The van der Waals surface area contributed by atoms with Crippen molar-refractivity contribution in [2.24, 2.45) is 0 Å². The van der Waals surface area contributed by atoms with Gasteiger partial charge in [0.25, 0.3) is 0 Å². The van der Waals surface area contributed by atoms with E-state index in [0.29, 0.717) is 0 Å². The molecule has 2 aromatic carbocycles. The van der Waals surface area contributed by atoms with Gasteiger partial charge in [-0.25, -0.2) is 0 Å². The van der Waals surface area contributed by atoms with Gasteiger partial charge in [0.1, 0.15) is 5.75 Å². The molecule has 0 heterocycles. The summed E-state index contributed by atoms with van der Waals surface area (Å²) in [6, 6.07) is 10.8. The zero-order chi connectivity index (χ0) is 14.0. The molecule has 0 atom stereocenters. The van der Waals surface area contributed by atoms with Crippen molar-refractivity contribution in [2.75, 3.05) is 7.11 Å². The lowest BCUT2D eigenvalue weighted by atomic mass is 9.89. The Morgan fingerprint density at radius 1 is 0.947 bits per heavy atom. The molecule has 1 heteroatoms. The Balaban J connectivity index is 2.72. The van der Waals surface area contributed by atoms with Crippen LogP contribution in [0.5, 0.6) is 5.75 Å². The summed E-state index contributed by atoms with van der Waals surface area (Å²) in [6.07, 6.45) is 1.07. The van der Waals surface area contributed by atoms with Crippen LogP contribution in [0.4, 0.5) is 0 Å². The topological polar surface area (TPSA) is 9.23 Å². The average molecular weight is 254 g/mol. The third kappa shape index (κ3) is 2.37. The van der Waals surface area contributed by atoms with Crippen molar-refractivity contribution in [2.45, 2.75) is 34.1 Å². The summed E-state index contributed by atoms with van der Waals surface area (Å²) < 4.78 is 5.46. The van der Waals surface area contributed by atoms with E-state index in [0.717, 1.165) is 12.2 Å². The maximum Gasteiger partial charge on any atom is 0.122 e. The van der Waals surface area contributed by atoms with Crippen LogP contribution < -0.4 is 4.74 Å². The quantitative estimate of drug-likeness (QED) is 0.760. The Morgan fingerprint density at radius 2 is 1.68 bits per heavy atom. The van der Waals surface area contributed by atoms with Gasteiger partial charge >= 0.3 is 0 Å². The van der Waals surface area contributed by atoms with E-state index < -0.39 is 0 Å². The third-order valence-electron chi connectivity index (χ3n) is 3.94. The zero-order valence-corrected chi connectivity index (χ0v) is 12.5. The first-order valence-electron chi connectivity index (χ1n) is 6.83. The Bertz CT molecular complexity index is 597. The van der Waals surface area contributed by atoms with Gasteiger partial charge in [-0.3, -0.25) is 0 Å². The summed E-state index contributed by atoms with van der Waals surface area (Å²) in [7, 11) is 1.73. The van der Waals surface area contributed by atoms with Crippen molar-refractivity contribution in [3.63, 3.8) is 0 Å². The maximum absolute atomic E-state index is 5.46. The third-order valence-corrected chi connectivity index (χ3v) is 3.94. The number of benzene rings is 2. The van der Waals surface area contributed by atoms with E-state index in [-0.39, 0.29) is 0 Å². The molecule has 19 heavy (non-hydrogen) atoms. The number of hydrogen-bond donors (Lipinski definition) is 0. The molecule has 2 rings (SSSR count). The van der Waals surface area contributed by atoms with Gasteiger partial charge in [0.15, 0.2) is 0 Å².